The van der Waals surface area contributed by atoms with Gasteiger partial charge in [-0.3, -0.25) is 4.79 Å². The van der Waals surface area contributed by atoms with Gasteiger partial charge in [0.05, 0.1) is 6.04 Å². The summed E-state index contributed by atoms with van der Waals surface area (Å²) >= 11 is 0. The van der Waals surface area contributed by atoms with E-state index in [1.54, 1.807) is 0 Å². The van der Waals surface area contributed by atoms with E-state index >= 15 is 0 Å². The number of aliphatic hydroxyl groups is 1. The Labute approximate surface area is 89.1 Å². The first-order valence-corrected chi connectivity index (χ1v) is 5.21. The molecule has 0 aliphatic heterocycles. The number of carbonyl (C=O) groups is 1. The Morgan fingerprint density at radius 3 is 2.40 bits per heavy atom. The summed E-state index contributed by atoms with van der Waals surface area (Å²) < 4.78 is 0. The van der Waals surface area contributed by atoms with E-state index in [0.717, 1.165) is 25.7 Å². The van der Waals surface area contributed by atoms with Crippen LogP contribution in [0.2, 0.25) is 0 Å². The van der Waals surface area contributed by atoms with Crippen molar-refractivity contribution in [3.05, 3.63) is 11.5 Å². The number of hydrogen-bond acceptors (Lipinski definition) is 4. The van der Waals surface area contributed by atoms with Crippen LogP contribution in [0.4, 0.5) is 0 Å². The molecular formula is C10H17N3O2. The van der Waals surface area contributed by atoms with Gasteiger partial charge in [0.15, 0.2) is 5.70 Å². The van der Waals surface area contributed by atoms with Gasteiger partial charge >= 0.3 is 0 Å². The van der Waals surface area contributed by atoms with Crippen molar-refractivity contribution >= 4 is 5.91 Å². The number of amides is 1. The predicted octanol–water partition coefficient (Wildman–Crippen LogP) is 2.05. The molecular weight excluding hydrogens is 194 g/mol. The Bertz CT molecular complexity index is 287. The van der Waals surface area contributed by atoms with Gasteiger partial charge < -0.3 is 10.8 Å². The Hall–Kier alpha value is -1.39. The molecule has 5 heteroatoms. The van der Waals surface area contributed by atoms with E-state index in [-0.39, 0.29) is 17.5 Å². The van der Waals surface area contributed by atoms with E-state index in [1.165, 1.54) is 13.3 Å². The zero-order valence-corrected chi connectivity index (χ0v) is 8.94. The molecule has 0 aromatic rings. The number of azo groups is 1. The minimum Gasteiger partial charge on any atom is -0.510 e. The van der Waals surface area contributed by atoms with Crippen molar-refractivity contribution in [1.29, 1.82) is 0 Å². The predicted molar refractivity (Wildman–Crippen MR) is 56.3 cm³/mol. The molecule has 15 heavy (non-hydrogen) atoms. The Morgan fingerprint density at radius 2 is 1.93 bits per heavy atom. The van der Waals surface area contributed by atoms with Crippen molar-refractivity contribution in [2.45, 2.75) is 45.1 Å². The molecule has 1 aliphatic rings. The minimum absolute atomic E-state index is 0.138. The first-order valence-electron chi connectivity index (χ1n) is 5.21. The maximum absolute atomic E-state index is 10.9. The quantitative estimate of drug-likeness (QED) is 0.425. The molecule has 3 N–H and O–H groups in total. The number of primary amides is 1. The molecule has 0 saturated heterocycles. The summed E-state index contributed by atoms with van der Waals surface area (Å²) in [6, 6.07) is 0.174. The SMILES string of the molecule is C/C(O)=C(/N=NC1CCCCC1)C(N)=O. The maximum atomic E-state index is 10.9. The van der Waals surface area contributed by atoms with E-state index < -0.39 is 5.91 Å². The standard InChI is InChI=1S/C10H17N3O2/c1-7(14)9(10(11)15)13-12-8-5-3-2-4-6-8/h8,14H,2-6H2,1H3,(H2,11,15)/b9-7-,13-12?. The molecule has 0 heterocycles. The summed E-state index contributed by atoms with van der Waals surface area (Å²) in [6.45, 7) is 1.37. The lowest BCUT2D eigenvalue weighted by Crippen LogP contribution is -2.15. The van der Waals surface area contributed by atoms with Crippen molar-refractivity contribution in [2.24, 2.45) is 16.0 Å². The van der Waals surface area contributed by atoms with Crippen LogP contribution in [0.5, 0.6) is 0 Å². The number of nitrogens with zero attached hydrogens (tertiary/aromatic N) is 2. The monoisotopic (exact) mass is 211 g/mol. The molecule has 0 atom stereocenters. The fourth-order valence-electron chi connectivity index (χ4n) is 1.64. The zero-order chi connectivity index (χ0) is 11.3. The third kappa shape index (κ3) is 3.69. The van der Waals surface area contributed by atoms with Gasteiger partial charge in [-0.25, -0.2) is 0 Å². The van der Waals surface area contributed by atoms with Gasteiger partial charge in [0.2, 0.25) is 0 Å². The van der Waals surface area contributed by atoms with E-state index in [2.05, 4.69) is 10.2 Å². The third-order valence-electron chi connectivity index (χ3n) is 2.47. The van der Waals surface area contributed by atoms with E-state index in [4.69, 9.17) is 10.8 Å². The topological polar surface area (TPSA) is 88.0 Å². The average Bonchev–Trinajstić information content (AvgIpc) is 2.18. The molecule has 0 radical (unpaired) electrons. The van der Waals surface area contributed by atoms with Gasteiger partial charge in [-0.15, -0.1) is 5.11 Å². The smallest absolute Gasteiger partial charge is 0.272 e. The van der Waals surface area contributed by atoms with Crippen LogP contribution in [0, 0.1) is 0 Å². The van der Waals surface area contributed by atoms with Gasteiger partial charge in [0.1, 0.15) is 5.76 Å². The number of aliphatic hydroxyl groups excluding tert-OH is 1. The van der Waals surface area contributed by atoms with E-state index in [1.807, 2.05) is 0 Å². The van der Waals surface area contributed by atoms with Crippen LogP contribution >= 0.6 is 0 Å². The number of nitrogens with two attached hydrogens (primary N) is 1. The highest BCUT2D eigenvalue weighted by molar-refractivity contribution is 5.91. The van der Waals surface area contributed by atoms with Gasteiger partial charge in [0, 0.05) is 0 Å². The maximum Gasteiger partial charge on any atom is 0.272 e. The molecule has 0 spiro atoms. The number of hydrogen-bond donors (Lipinski definition) is 2. The van der Waals surface area contributed by atoms with Crippen molar-refractivity contribution in [3.63, 3.8) is 0 Å². The average molecular weight is 211 g/mol. The highest BCUT2D eigenvalue weighted by atomic mass is 16.3. The molecule has 1 rings (SSSR count). The zero-order valence-electron chi connectivity index (χ0n) is 8.94. The number of carbonyl (C=O) groups excluding carboxylic acids is 1. The number of rotatable bonds is 3. The molecule has 84 valence electrons. The van der Waals surface area contributed by atoms with Gasteiger partial charge in [-0.05, 0) is 19.8 Å². The Morgan fingerprint density at radius 1 is 1.33 bits per heavy atom. The normalized spacial score (nSPS) is 20.3. The van der Waals surface area contributed by atoms with E-state index in [0.29, 0.717) is 0 Å². The number of allylic oxidation sites excluding steroid dienone is 1. The summed E-state index contributed by atoms with van der Waals surface area (Å²) in [7, 11) is 0. The van der Waals surface area contributed by atoms with Crippen molar-refractivity contribution in [2.75, 3.05) is 0 Å². The highest BCUT2D eigenvalue weighted by Gasteiger charge is 2.13. The molecule has 1 fully saturated rings. The van der Waals surface area contributed by atoms with Crippen LogP contribution in [0.25, 0.3) is 0 Å². The summed E-state index contributed by atoms with van der Waals surface area (Å²) in [6.07, 6.45) is 5.54. The van der Waals surface area contributed by atoms with Crippen LogP contribution in [-0.2, 0) is 4.79 Å². The van der Waals surface area contributed by atoms with Crippen molar-refractivity contribution in [1.82, 2.24) is 0 Å². The summed E-state index contributed by atoms with van der Waals surface area (Å²) in [5, 5.41) is 16.9. The first-order chi connectivity index (χ1) is 7.11. The van der Waals surface area contributed by atoms with Crippen molar-refractivity contribution in [3.8, 4) is 0 Å². The van der Waals surface area contributed by atoms with Crippen molar-refractivity contribution < 1.29 is 9.90 Å². The summed E-state index contributed by atoms with van der Waals surface area (Å²) in [5.41, 5.74) is 4.90. The fraction of sp³-hybridized carbons (Fsp3) is 0.700. The molecule has 0 aromatic carbocycles. The molecule has 0 unspecified atom stereocenters. The van der Waals surface area contributed by atoms with Crippen LogP contribution < -0.4 is 5.73 Å². The fourth-order valence-corrected chi connectivity index (χ4v) is 1.64. The minimum atomic E-state index is -0.741. The Balaban J connectivity index is 2.61. The van der Waals surface area contributed by atoms with Crippen LogP contribution in [0.1, 0.15) is 39.0 Å². The first kappa shape index (κ1) is 11.7. The molecule has 0 bridgehead atoms. The highest BCUT2D eigenvalue weighted by Crippen LogP contribution is 2.21. The molecule has 1 aliphatic carbocycles. The van der Waals surface area contributed by atoms with Gasteiger partial charge in [-0.2, -0.15) is 5.11 Å². The molecule has 1 saturated carbocycles. The Kier molecular flexibility index (Phi) is 4.27. The lowest BCUT2D eigenvalue weighted by molar-refractivity contribution is -0.114. The lowest BCUT2D eigenvalue weighted by Gasteiger charge is -2.15. The molecule has 0 aromatic heterocycles. The van der Waals surface area contributed by atoms with Crippen LogP contribution in [-0.4, -0.2) is 17.1 Å². The van der Waals surface area contributed by atoms with E-state index in [9.17, 15) is 4.79 Å². The second kappa shape index (κ2) is 5.48. The molecule has 5 nitrogen and oxygen atoms in total. The third-order valence-corrected chi connectivity index (χ3v) is 2.47. The second-order valence-electron chi connectivity index (χ2n) is 3.81. The second-order valence-corrected chi connectivity index (χ2v) is 3.81. The summed E-state index contributed by atoms with van der Waals surface area (Å²) in [5.74, 6) is -0.920. The largest absolute Gasteiger partial charge is 0.510 e. The van der Waals surface area contributed by atoms with Gasteiger partial charge in [-0.1, -0.05) is 19.3 Å². The van der Waals surface area contributed by atoms with Gasteiger partial charge in [0.25, 0.3) is 5.91 Å². The van der Waals surface area contributed by atoms with Crippen LogP contribution in [0.3, 0.4) is 0 Å². The summed E-state index contributed by atoms with van der Waals surface area (Å²) in [4.78, 5) is 10.9. The van der Waals surface area contributed by atoms with Crippen LogP contribution in [0.15, 0.2) is 21.7 Å². The molecule has 1 amide bonds. The lowest BCUT2D eigenvalue weighted by atomic mass is 9.96.